The minimum atomic E-state index is -4.63. The van der Waals surface area contributed by atoms with E-state index in [1.54, 1.807) is 29.2 Å². The third-order valence-corrected chi connectivity index (χ3v) is 10.7. The summed E-state index contributed by atoms with van der Waals surface area (Å²) in [6.45, 7) is 3.31. The van der Waals surface area contributed by atoms with Crippen LogP contribution in [-0.4, -0.2) is 63.1 Å². The third kappa shape index (κ3) is 7.16. The van der Waals surface area contributed by atoms with E-state index in [0.717, 1.165) is 54.3 Å². The molecule has 2 aliphatic rings. The second-order valence-corrected chi connectivity index (χ2v) is 14.2. The molecule has 0 aliphatic carbocycles. The van der Waals surface area contributed by atoms with Gasteiger partial charge in [-0.2, -0.15) is 22.0 Å². The molecule has 1 N–H and O–H groups in total. The number of oxazole rings is 2. The van der Waals surface area contributed by atoms with Gasteiger partial charge in [0.1, 0.15) is 28.4 Å². The quantitative estimate of drug-likeness (QED) is 0.137. The van der Waals surface area contributed by atoms with E-state index in [1.807, 2.05) is 38.1 Å². The molecule has 0 radical (unpaired) electrons. The number of fused-ring (bicyclic) bond motifs is 2. The number of aromatic nitrogens is 2. The van der Waals surface area contributed by atoms with Crippen LogP contribution in [0.25, 0.3) is 56.2 Å². The second kappa shape index (κ2) is 14.4. The fourth-order valence-corrected chi connectivity index (χ4v) is 7.98. The van der Waals surface area contributed by atoms with Crippen molar-refractivity contribution >= 4 is 28.2 Å². The number of benzene rings is 4. The van der Waals surface area contributed by atoms with Gasteiger partial charge in [-0.15, -0.1) is 0 Å². The zero-order chi connectivity index (χ0) is 38.6. The Labute approximate surface area is 312 Å². The SMILES string of the molecule is Cc1c(-c2nc3cc(CN4CCC[C@H]4C(=O)O)c(OC(F)F)cc3o2)cccc1-c1cccc(-c2nc3cc(CN4CCCC4)cc(C(F)(F)F)c3o2)c1C. The van der Waals surface area contributed by atoms with E-state index in [-0.39, 0.29) is 40.8 Å². The molecule has 6 aromatic rings. The van der Waals surface area contributed by atoms with Crippen molar-refractivity contribution < 1.29 is 45.4 Å². The molecule has 0 amide bonds. The second-order valence-electron chi connectivity index (χ2n) is 14.2. The van der Waals surface area contributed by atoms with Gasteiger partial charge >= 0.3 is 18.8 Å². The highest BCUT2D eigenvalue weighted by Crippen LogP contribution is 2.41. The first kappa shape index (κ1) is 36.6. The Morgan fingerprint density at radius 1 is 0.855 bits per heavy atom. The van der Waals surface area contributed by atoms with Crippen LogP contribution >= 0.6 is 0 Å². The molecule has 2 aliphatic heterocycles. The van der Waals surface area contributed by atoms with Crippen molar-refractivity contribution in [2.24, 2.45) is 0 Å². The van der Waals surface area contributed by atoms with Crippen LogP contribution in [0.5, 0.6) is 5.75 Å². The average molecular weight is 761 g/mol. The Morgan fingerprint density at radius 2 is 1.49 bits per heavy atom. The number of carboxylic acids is 1. The molecule has 4 heterocycles. The van der Waals surface area contributed by atoms with E-state index >= 15 is 0 Å². The highest BCUT2D eigenvalue weighted by molar-refractivity contribution is 5.86. The van der Waals surface area contributed by atoms with Crippen LogP contribution < -0.4 is 4.74 Å². The largest absolute Gasteiger partial charge is 0.480 e. The van der Waals surface area contributed by atoms with Gasteiger partial charge in [-0.1, -0.05) is 24.3 Å². The van der Waals surface area contributed by atoms with E-state index in [9.17, 15) is 31.9 Å². The highest BCUT2D eigenvalue weighted by atomic mass is 19.4. The van der Waals surface area contributed by atoms with Crippen LogP contribution in [0.1, 0.15) is 53.5 Å². The molecular formula is C41H37F5N4O5. The molecule has 9 nitrogen and oxygen atoms in total. The molecule has 1 atom stereocenters. The Hall–Kier alpha value is -5.34. The topological polar surface area (TPSA) is 105 Å². The van der Waals surface area contributed by atoms with Gasteiger partial charge in [-0.3, -0.25) is 14.6 Å². The molecule has 0 bridgehead atoms. The van der Waals surface area contributed by atoms with Crippen LogP contribution in [-0.2, 0) is 24.1 Å². The van der Waals surface area contributed by atoms with Crippen molar-refractivity contribution in [2.75, 3.05) is 19.6 Å². The minimum Gasteiger partial charge on any atom is -0.480 e. The van der Waals surface area contributed by atoms with Gasteiger partial charge in [0.05, 0.1) is 0 Å². The molecule has 8 rings (SSSR count). The number of ether oxygens (including phenoxy) is 1. The fraction of sp³-hybridized carbons (Fsp3) is 0.341. The average Bonchev–Trinajstić information content (AvgIpc) is 3.95. The van der Waals surface area contributed by atoms with Crippen molar-refractivity contribution in [1.29, 1.82) is 0 Å². The van der Waals surface area contributed by atoms with Crippen molar-refractivity contribution in [3.05, 3.63) is 88.5 Å². The lowest BCUT2D eigenvalue weighted by atomic mass is 9.91. The van der Waals surface area contributed by atoms with Gasteiger partial charge in [0.15, 0.2) is 11.2 Å². The molecular weight excluding hydrogens is 723 g/mol. The lowest BCUT2D eigenvalue weighted by Gasteiger charge is -2.22. The number of aliphatic carboxylic acids is 1. The Kier molecular flexibility index (Phi) is 9.58. The first-order valence-corrected chi connectivity index (χ1v) is 18.1. The van der Waals surface area contributed by atoms with Crippen LogP contribution in [0, 0.1) is 13.8 Å². The molecule has 2 fully saturated rings. The number of hydrogen-bond donors (Lipinski definition) is 1. The Morgan fingerprint density at radius 3 is 2.13 bits per heavy atom. The van der Waals surface area contributed by atoms with E-state index in [2.05, 4.69) is 9.88 Å². The highest BCUT2D eigenvalue weighted by Gasteiger charge is 2.36. The van der Waals surface area contributed by atoms with Crippen molar-refractivity contribution in [2.45, 2.75) is 71.4 Å². The van der Waals surface area contributed by atoms with Gasteiger partial charge in [0, 0.05) is 35.8 Å². The van der Waals surface area contributed by atoms with Crippen LogP contribution in [0.2, 0.25) is 0 Å². The summed E-state index contributed by atoms with van der Waals surface area (Å²) in [5.74, 6) is -0.784. The maximum absolute atomic E-state index is 14.3. The molecule has 2 saturated heterocycles. The van der Waals surface area contributed by atoms with E-state index in [4.69, 9.17) is 18.6 Å². The van der Waals surface area contributed by atoms with Crippen molar-refractivity contribution in [1.82, 2.24) is 19.8 Å². The van der Waals surface area contributed by atoms with Gasteiger partial charge in [-0.05, 0) is 117 Å². The van der Waals surface area contributed by atoms with Gasteiger partial charge < -0.3 is 18.7 Å². The third-order valence-electron chi connectivity index (χ3n) is 10.7. The number of nitrogens with zero attached hydrogens (tertiary/aromatic N) is 4. The summed E-state index contributed by atoms with van der Waals surface area (Å²) < 4.78 is 86.8. The summed E-state index contributed by atoms with van der Waals surface area (Å²) >= 11 is 0. The number of hydrogen-bond acceptors (Lipinski definition) is 8. The molecule has 2 aromatic heterocycles. The predicted octanol–water partition coefficient (Wildman–Crippen LogP) is 9.85. The van der Waals surface area contributed by atoms with E-state index in [1.165, 1.54) is 6.07 Å². The summed E-state index contributed by atoms with van der Waals surface area (Å²) in [5, 5.41) is 9.65. The van der Waals surface area contributed by atoms with Gasteiger partial charge in [0.2, 0.25) is 11.8 Å². The number of rotatable bonds is 10. The minimum absolute atomic E-state index is 0.0761. The van der Waals surface area contributed by atoms with Crippen LogP contribution in [0.4, 0.5) is 22.0 Å². The summed E-state index contributed by atoms with van der Waals surface area (Å²) in [5.41, 5.74) is 4.75. The van der Waals surface area contributed by atoms with Gasteiger partial charge in [-0.25, -0.2) is 9.97 Å². The molecule has 286 valence electrons. The lowest BCUT2D eigenvalue weighted by Crippen LogP contribution is -2.35. The smallest absolute Gasteiger partial charge is 0.420 e. The molecule has 4 aromatic carbocycles. The first-order valence-electron chi connectivity index (χ1n) is 18.1. The number of halogens is 5. The zero-order valence-electron chi connectivity index (χ0n) is 30.1. The van der Waals surface area contributed by atoms with Crippen LogP contribution in [0.3, 0.4) is 0 Å². The zero-order valence-corrected chi connectivity index (χ0v) is 30.1. The Bertz CT molecular complexity index is 2420. The fourth-order valence-electron chi connectivity index (χ4n) is 7.98. The van der Waals surface area contributed by atoms with Crippen LogP contribution in [0.15, 0.2) is 69.5 Å². The predicted molar refractivity (Wildman–Crippen MR) is 195 cm³/mol. The molecule has 0 unspecified atom stereocenters. The summed E-state index contributed by atoms with van der Waals surface area (Å²) in [6, 6.07) is 16.1. The standard InChI is InChI=1S/C41H37F5N4O5/c1-22-26(8-5-10-28(22)37-47-31-18-25(21-50-15-7-12-33(50)39(51)52)34(54-40(42)43)19-35(31)53-37)27-9-6-11-29(23(27)2)38-48-32-17-24(20-49-13-3-4-14-49)16-30(36(32)55-38)41(44,45)46/h5-6,8-11,16-19,33,40H,3-4,7,12-15,20-21H2,1-2H3,(H,51,52)/t33-/m0/s1. The summed E-state index contributed by atoms with van der Waals surface area (Å²) in [4.78, 5) is 24.9. The first-order chi connectivity index (χ1) is 26.3. The van der Waals surface area contributed by atoms with E-state index in [0.29, 0.717) is 53.7 Å². The molecule has 55 heavy (non-hydrogen) atoms. The Balaban J connectivity index is 1.15. The van der Waals surface area contributed by atoms with Gasteiger partial charge in [0.25, 0.3) is 0 Å². The molecule has 0 saturated carbocycles. The number of carboxylic acid groups (broad SMARTS) is 1. The van der Waals surface area contributed by atoms with Crippen molar-refractivity contribution in [3.8, 4) is 39.8 Å². The maximum atomic E-state index is 14.3. The molecule has 0 spiro atoms. The normalized spacial score (nSPS) is 17.0. The number of carbonyl (C=O) groups is 1. The van der Waals surface area contributed by atoms with E-state index < -0.39 is 30.4 Å². The number of alkyl halides is 5. The number of likely N-dealkylation sites (tertiary alicyclic amines) is 2. The van der Waals surface area contributed by atoms with Crippen molar-refractivity contribution in [3.63, 3.8) is 0 Å². The lowest BCUT2D eigenvalue weighted by molar-refractivity contribution is -0.142. The summed E-state index contributed by atoms with van der Waals surface area (Å²) in [7, 11) is 0. The summed E-state index contributed by atoms with van der Waals surface area (Å²) in [6.07, 6.45) is -1.46. The molecule has 14 heteroatoms. The maximum Gasteiger partial charge on any atom is 0.420 e. The monoisotopic (exact) mass is 760 g/mol.